The quantitative estimate of drug-likeness (QED) is 0.821. The van der Waals surface area contributed by atoms with E-state index >= 15 is 0 Å². The smallest absolute Gasteiger partial charge is 0.227 e. The summed E-state index contributed by atoms with van der Waals surface area (Å²) >= 11 is 0. The second-order valence-corrected chi connectivity index (χ2v) is 5.49. The Labute approximate surface area is 95.6 Å². The molecule has 2 saturated carbocycles. The van der Waals surface area contributed by atoms with Crippen molar-refractivity contribution >= 4 is 0 Å². The van der Waals surface area contributed by atoms with Crippen LogP contribution in [0.4, 0.5) is 0 Å². The van der Waals surface area contributed by atoms with Gasteiger partial charge >= 0.3 is 0 Å². The minimum Gasteiger partial charge on any atom is -0.339 e. The van der Waals surface area contributed by atoms with Crippen LogP contribution >= 0.6 is 0 Å². The van der Waals surface area contributed by atoms with E-state index < -0.39 is 0 Å². The molecule has 1 heterocycles. The summed E-state index contributed by atoms with van der Waals surface area (Å²) in [6, 6.07) is 0. The van der Waals surface area contributed by atoms with Gasteiger partial charge in [-0.1, -0.05) is 11.6 Å². The summed E-state index contributed by atoms with van der Waals surface area (Å²) in [5.41, 5.74) is 6.09. The average molecular weight is 221 g/mol. The second kappa shape index (κ2) is 3.84. The Morgan fingerprint density at radius 1 is 1.38 bits per heavy atom. The lowest BCUT2D eigenvalue weighted by Crippen LogP contribution is -2.39. The molecule has 0 amide bonds. The molecule has 4 nitrogen and oxygen atoms in total. The summed E-state index contributed by atoms with van der Waals surface area (Å²) in [5.74, 6) is 2.50. The van der Waals surface area contributed by atoms with Gasteiger partial charge in [0.05, 0.1) is 0 Å². The monoisotopic (exact) mass is 221 g/mol. The molecule has 0 atom stereocenters. The van der Waals surface area contributed by atoms with Crippen LogP contribution in [0, 0.1) is 11.3 Å². The first-order chi connectivity index (χ1) is 7.80. The van der Waals surface area contributed by atoms with Crippen molar-refractivity contribution in [3.8, 4) is 0 Å². The maximum Gasteiger partial charge on any atom is 0.227 e. The fourth-order valence-electron chi connectivity index (χ4n) is 2.48. The van der Waals surface area contributed by atoms with Crippen LogP contribution in [0.1, 0.15) is 43.8 Å². The lowest BCUT2D eigenvalue weighted by molar-refractivity contribution is 0.129. The van der Waals surface area contributed by atoms with E-state index in [-0.39, 0.29) is 5.41 Å². The lowest BCUT2D eigenvalue weighted by atomic mass is 9.67. The van der Waals surface area contributed by atoms with E-state index in [9.17, 15) is 0 Å². The zero-order chi connectivity index (χ0) is 11.0. The van der Waals surface area contributed by atoms with Gasteiger partial charge < -0.3 is 10.3 Å². The molecule has 2 fully saturated rings. The molecule has 4 heteroatoms. The summed E-state index contributed by atoms with van der Waals surface area (Å²) in [6.07, 6.45) is 8.25. The molecular weight excluding hydrogens is 202 g/mol. The van der Waals surface area contributed by atoms with E-state index in [1.54, 1.807) is 0 Å². The molecule has 2 aliphatic rings. The molecule has 0 bridgehead atoms. The van der Waals surface area contributed by atoms with Crippen molar-refractivity contribution < 1.29 is 4.52 Å². The third-order valence-corrected chi connectivity index (χ3v) is 4.05. The van der Waals surface area contributed by atoms with Crippen LogP contribution < -0.4 is 5.73 Å². The Balaban J connectivity index is 1.62. The van der Waals surface area contributed by atoms with Crippen molar-refractivity contribution in [1.82, 2.24) is 10.1 Å². The molecule has 16 heavy (non-hydrogen) atoms. The van der Waals surface area contributed by atoms with Gasteiger partial charge in [0.1, 0.15) is 0 Å². The molecular formula is C12H19N3O. The summed E-state index contributed by atoms with van der Waals surface area (Å²) < 4.78 is 5.31. The summed E-state index contributed by atoms with van der Waals surface area (Å²) in [6.45, 7) is 0.743. The summed E-state index contributed by atoms with van der Waals surface area (Å²) in [7, 11) is 0. The van der Waals surface area contributed by atoms with E-state index in [0.717, 1.165) is 37.0 Å². The van der Waals surface area contributed by atoms with Gasteiger partial charge in [-0.3, -0.25) is 0 Å². The van der Waals surface area contributed by atoms with E-state index in [0.29, 0.717) is 0 Å². The van der Waals surface area contributed by atoms with Crippen molar-refractivity contribution in [2.24, 2.45) is 17.1 Å². The summed E-state index contributed by atoms with van der Waals surface area (Å²) in [4.78, 5) is 4.47. The number of hydrogen-bond acceptors (Lipinski definition) is 4. The SMILES string of the molecule is NCC1(Cc2nc(CC3CC3)no2)CCC1. The molecule has 0 spiro atoms. The second-order valence-electron chi connectivity index (χ2n) is 5.49. The fourth-order valence-corrected chi connectivity index (χ4v) is 2.48. The Hall–Kier alpha value is -0.900. The van der Waals surface area contributed by atoms with Crippen LogP contribution in [0.5, 0.6) is 0 Å². The molecule has 2 N–H and O–H groups in total. The van der Waals surface area contributed by atoms with Gasteiger partial charge in [0.15, 0.2) is 5.82 Å². The third kappa shape index (κ3) is 1.98. The van der Waals surface area contributed by atoms with Gasteiger partial charge in [-0.15, -0.1) is 0 Å². The average Bonchev–Trinajstić information content (AvgIpc) is 2.92. The zero-order valence-electron chi connectivity index (χ0n) is 9.61. The van der Waals surface area contributed by atoms with Crippen molar-refractivity contribution in [1.29, 1.82) is 0 Å². The molecule has 1 aromatic heterocycles. The van der Waals surface area contributed by atoms with Crippen molar-refractivity contribution in [3.05, 3.63) is 11.7 Å². The molecule has 0 radical (unpaired) electrons. The van der Waals surface area contributed by atoms with Crippen molar-refractivity contribution in [3.63, 3.8) is 0 Å². The van der Waals surface area contributed by atoms with E-state index in [2.05, 4.69) is 10.1 Å². The van der Waals surface area contributed by atoms with Crippen molar-refractivity contribution in [2.45, 2.75) is 44.9 Å². The van der Waals surface area contributed by atoms with Gasteiger partial charge in [0.2, 0.25) is 5.89 Å². The molecule has 0 aliphatic heterocycles. The van der Waals surface area contributed by atoms with Crippen LogP contribution in [-0.4, -0.2) is 16.7 Å². The van der Waals surface area contributed by atoms with Crippen LogP contribution in [-0.2, 0) is 12.8 Å². The van der Waals surface area contributed by atoms with Crippen molar-refractivity contribution in [2.75, 3.05) is 6.54 Å². The highest BCUT2D eigenvalue weighted by atomic mass is 16.5. The molecule has 0 aromatic carbocycles. The molecule has 3 rings (SSSR count). The van der Waals surface area contributed by atoms with E-state index in [1.165, 1.54) is 32.1 Å². The Morgan fingerprint density at radius 3 is 2.75 bits per heavy atom. The van der Waals surface area contributed by atoms with E-state index in [1.807, 2.05) is 0 Å². The number of rotatable bonds is 5. The largest absolute Gasteiger partial charge is 0.339 e. The number of nitrogens with two attached hydrogens (primary N) is 1. The lowest BCUT2D eigenvalue weighted by Gasteiger charge is -2.39. The predicted molar refractivity (Wildman–Crippen MR) is 59.8 cm³/mol. The van der Waals surface area contributed by atoms with Crippen LogP contribution in [0.2, 0.25) is 0 Å². The highest BCUT2D eigenvalue weighted by Gasteiger charge is 2.37. The third-order valence-electron chi connectivity index (χ3n) is 4.05. The molecule has 0 unspecified atom stereocenters. The fraction of sp³-hybridized carbons (Fsp3) is 0.833. The minimum atomic E-state index is 0.267. The normalized spacial score (nSPS) is 23.1. The van der Waals surface area contributed by atoms with Gasteiger partial charge in [-0.05, 0) is 43.6 Å². The maximum absolute atomic E-state index is 5.82. The minimum absolute atomic E-state index is 0.267. The Bertz CT molecular complexity index is 361. The van der Waals surface area contributed by atoms with Crippen LogP contribution in [0.15, 0.2) is 4.52 Å². The first-order valence-electron chi connectivity index (χ1n) is 6.31. The van der Waals surface area contributed by atoms with Crippen LogP contribution in [0.25, 0.3) is 0 Å². The van der Waals surface area contributed by atoms with Gasteiger partial charge in [0, 0.05) is 12.8 Å². The maximum atomic E-state index is 5.82. The Morgan fingerprint density at radius 2 is 2.19 bits per heavy atom. The molecule has 1 aromatic rings. The van der Waals surface area contributed by atoms with E-state index in [4.69, 9.17) is 10.3 Å². The highest BCUT2D eigenvalue weighted by Crippen LogP contribution is 2.42. The number of nitrogens with zero attached hydrogens (tertiary/aromatic N) is 2. The molecule has 88 valence electrons. The Kier molecular flexibility index (Phi) is 2.46. The highest BCUT2D eigenvalue weighted by molar-refractivity contribution is 4.99. The first-order valence-corrected chi connectivity index (χ1v) is 6.31. The van der Waals surface area contributed by atoms with Gasteiger partial charge in [0.25, 0.3) is 0 Å². The summed E-state index contributed by atoms with van der Waals surface area (Å²) in [5, 5.41) is 4.05. The number of hydrogen-bond donors (Lipinski definition) is 1. The van der Waals surface area contributed by atoms with Gasteiger partial charge in [-0.25, -0.2) is 0 Å². The van der Waals surface area contributed by atoms with Crippen LogP contribution in [0.3, 0.4) is 0 Å². The topological polar surface area (TPSA) is 64.9 Å². The predicted octanol–water partition coefficient (Wildman–Crippen LogP) is 1.69. The molecule has 0 saturated heterocycles. The zero-order valence-corrected chi connectivity index (χ0v) is 9.61. The first kappa shape index (κ1) is 10.3. The standard InChI is InChI=1S/C12H19N3O/c13-8-12(4-1-5-12)7-11-14-10(15-16-11)6-9-2-3-9/h9H,1-8,13H2. The number of aromatic nitrogens is 2. The van der Waals surface area contributed by atoms with Gasteiger partial charge in [-0.2, -0.15) is 4.98 Å². The molecule has 2 aliphatic carbocycles.